The molecule has 26 heavy (non-hydrogen) atoms. The normalized spacial score (nSPS) is 20.7. The van der Waals surface area contributed by atoms with Gasteiger partial charge >= 0.3 is 0 Å². The summed E-state index contributed by atoms with van der Waals surface area (Å²) in [6, 6.07) is 2.31. The van der Waals surface area contributed by atoms with Crippen LogP contribution in [0.15, 0.2) is 12.3 Å². The molecule has 2 aromatic heterocycles. The summed E-state index contributed by atoms with van der Waals surface area (Å²) in [5.74, 6) is 1.59. The maximum Gasteiger partial charge on any atom is 0.271 e. The highest BCUT2D eigenvalue weighted by atomic mass is 16.1. The van der Waals surface area contributed by atoms with Crippen LogP contribution in [0.1, 0.15) is 59.9 Å². The van der Waals surface area contributed by atoms with Crippen molar-refractivity contribution in [2.24, 2.45) is 13.0 Å². The Bertz CT molecular complexity index is 803. The smallest absolute Gasteiger partial charge is 0.271 e. The van der Waals surface area contributed by atoms with Crippen molar-refractivity contribution in [2.45, 2.75) is 52.2 Å². The summed E-state index contributed by atoms with van der Waals surface area (Å²) < 4.78 is 4.08. The third-order valence-electron chi connectivity index (χ3n) is 5.83. The van der Waals surface area contributed by atoms with E-state index in [4.69, 9.17) is 0 Å². The lowest BCUT2D eigenvalue weighted by atomic mass is 9.85. The van der Waals surface area contributed by atoms with E-state index in [-0.39, 0.29) is 11.9 Å². The third-order valence-corrected chi connectivity index (χ3v) is 5.83. The number of amides is 1. The van der Waals surface area contributed by atoms with Gasteiger partial charge in [0.15, 0.2) is 0 Å². The fourth-order valence-electron chi connectivity index (χ4n) is 3.91. The molecule has 1 atom stereocenters. The van der Waals surface area contributed by atoms with Crippen molar-refractivity contribution in [3.63, 3.8) is 0 Å². The van der Waals surface area contributed by atoms with Gasteiger partial charge in [0.05, 0.1) is 17.4 Å². The topological polar surface area (TPSA) is 68.0 Å². The van der Waals surface area contributed by atoms with Gasteiger partial charge in [-0.2, -0.15) is 5.10 Å². The largest absolute Gasteiger partial charge is 0.350 e. The van der Waals surface area contributed by atoms with Gasteiger partial charge in [-0.3, -0.25) is 14.4 Å². The van der Waals surface area contributed by atoms with E-state index in [1.807, 2.05) is 24.9 Å². The molecule has 3 heterocycles. The molecule has 1 amide bonds. The molecule has 0 bridgehead atoms. The molecule has 1 N–H and O–H groups in total. The van der Waals surface area contributed by atoms with E-state index in [1.165, 1.54) is 25.0 Å². The fraction of sp³-hybridized carbons (Fsp3) is 0.632. The molecular weight excluding hydrogens is 328 g/mol. The first-order valence-corrected chi connectivity index (χ1v) is 9.60. The van der Waals surface area contributed by atoms with Crippen LogP contribution in [0.25, 0.3) is 0 Å². The molecule has 1 aliphatic heterocycles. The molecule has 140 valence electrons. The van der Waals surface area contributed by atoms with Crippen molar-refractivity contribution in [3.8, 4) is 0 Å². The summed E-state index contributed by atoms with van der Waals surface area (Å²) in [4.78, 5) is 19.5. The first kappa shape index (κ1) is 17.3. The van der Waals surface area contributed by atoms with Crippen molar-refractivity contribution in [1.29, 1.82) is 0 Å². The predicted octanol–water partition coefficient (Wildman–Crippen LogP) is 2.03. The van der Waals surface area contributed by atoms with Crippen LogP contribution in [0.3, 0.4) is 0 Å². The molecule has 4 rings (SSSR count). The molecule has 0 spiro atoms. The van der Waals surface area contributed by atoms with E-state index in [9.17, 15) is 4.79 Å². The summed E-state index contributed by atoms with van der Waals surface area (Å²) in [5, 5.41) is 7.48. The van der Waals surface area contributed by atoms with E-state index < -0.39 is 0 Å². The molecule has 0 unspecified atom stereocenters. The number of hydrogen-bond acceptors (Lipinski definition) is 4. The Morgan fingerprint density at radius 3 is 2.81 bits per heavy atom. The van der Waals surface area contributed by atoms with E-state index in [0.29, 0.717) is 11.6 Å². The summed E-state index contributed by atoms with van der Waals surface area (Å²) >= 11 is 0. The van der Waals surface area contributed by atoms with Crippen molar-refractivity contribution in [3.05, 3.63) is 35.2 Å². The minimum Gasteiger partial charge on any atom is -0.350 e. The first-order chi connectivity index (χ1) is 12.5. The van der Waals surface area contributed by atoms with Gasteiger partial charge in [0.25, 0.3) is 5.91 Å². The van der Waals surface area contributed by atoms with E-state index in [1.54, 1.807) is 0 Å². The van der Waals surface area contributed by atoms with Crippen LogP contribution in [0.4, 0.5) is 0 Å². The van der Waals surface area contributed by atoms with Gasteiger partial charge in [0, 0.05) is 39.4 Å². The lowest BCUT2D eigenvalue weighted by Gasteiger charge is -2.33. The van der Waals surface area contributed by atoms with Crippen molar-refractivity contribution < 1.29 is 4.79 Å². The third kappa shape index (κ3) is 3.28. The Hall–Kier alpha value is -2.15. The second kappa shape index (κ2) is 6.87. The summed E-state index contributed by atoms with van der Waals surface area (Å²) in [5.41, 5.74) is 2.79. The lowest BCUT2D eigenvalue weighted by Crippen LogP contribution is -2.36. The van der Waals surface area contributed by atoms with Crippen LogP contribution in [0.2, 0.25) is 0 Å². The number of hydrogen-bond donors (Lipinski definition) is 1. The molecule has 0 radical (unpaired) electrons. The summed E-state index contributed by atoms with van der Waals surface area (Å²) in [7, 11) is 1.99. The number of fused-ring (bicyclic) bond motifs is 1. The van der Waals surface area contributed by atoms with Gasteiger partial charge < -0.3 is 9.88 Å². The molecule has 0 aromatic carbocycles. The number of carbonyl (C=O) groups is 1. The van der Waals surface area contributed by atoms with Crippen LogP contribution in [0, 0.1) is 12.8 Å². The molecule has 2 aliphatic rings. The molecule has 1 aliphatic carbocycles. The zero-order chi connectivity index (χ0) is 18.3. The molecule has 1 fully saturated rings. The van der Waals surface area contributed by atoms with Gasteiger partial charge in [-0.1, -0.05) is 6.42 Å². The monoisotopic (exact) mass is 356 g/mol. The molecule has 7 nitrogen and oxygen atoms in total. The Kier molecular flexibility index (Phi) is 4.56. The molecular formula is C19H28N6O. The van der Waals surface area contributed by atoms with E-state index in [0.717, 1.165) is 37.7 Å². The Labute approximate surface area is 154 Å². The highest BCUT2D eigenvalue weighted by molar-refractivity contribution is 5.92. The van der Waals surface area contributed by atoms with Crippen LogP contribution >= 0.6 is 0 Å². The second-order valence-electron chi connectivity index (χ2n) is 7.73. The number of nitrogens with zero attached hydrogens (tertiary/aromatic N) is 5. The minimum absolute atomic E-state index is 0.0418. The summed E-state index contributed by atoms with van der Waals surface area (Å²) in [6.45, 7) is 7.61. The van der Waals surface area contributed by atoms with Gasteiger partial charge in [0.1, 0.15) is 11.5 Å². The number of aromatic nitrogens is 4. The Balaban J connectivity index is 1.44. The zero-order valence-corrected chi connectivity index (χ0v) is 15.9. The highest BCUT2D eigenvalue weighted by Gasteiger charge is 2.28. The van der Waals surface area contributed by atoms with Crippen molar-refractivity contribution >= 4 is 5.91 Å². The second-order valence-corrected chi connectivity index (χ2v) is 7.73. The van der Waals surface area contributed by atoms with Crippen molar-refractivity contribution in [1.82, 2.24) is 29.5 Å². The zero-order valence-electron chi connectivity index (χ0n) is 15.9. The predicted molar refractivity (Wildman–Crippen MR) is 98.7 cm³/mol. The van der Waals surface area contributed by atoms with Gasteiger partial charge in [0.2, 0.25) is 0 Å². The van der Waals surface area contributed by atoms with Crippen molar-refractivity contribution in [2.75, 3.05) is 13.1 Å². The Morgan fingerprint density at radius 1 is 1.35 bits per heavy atom. The first-order valence-electron chi connectivity index (χ1n) is 9.60. The molecule has 2 aromatic rings. The van der Waals surface area contributed by atoms with Gasteiger partial charge in [-0.05, 0) is 38.7 Å². The molecule has 7 heteroatoms. The van der Waals surface area contributed by atoms with Crippen LogP contribution in [-0.4, -0.2) is 43.2 Å². The van der Waals surface area contributed by atoms with Crippen LogP contribution in [0.5, 0.6) is 0 Å². The number of rotatable bonds is 5. The molecule has 0 saturated heterocycles. The lowest BCUT2D eigenvalue weighted by molar-refractivity contribution is 0.0934. The summed E-state index contributed by atoms with van der Waals surface area (Å²) in [6.07, 6.45) is 5.68. The van der Waals surface area contributed by atoms with E-state index in [2.05, 4.69) is 37.9 Å². The fourth-order valence-corrected chi connectivity index (χ4v) is 3.91. The van der Waals surface area contributed by atoms with Gasteiger partial charge in [-0.25, -0.2) is 4.98 Å². The maximum atomic E-state index is 12.4. The Morgan fingerprint density at radius 2 is 2.15 bits per heavy atom. The number of carbonyl (C=O) groups excluding carboxylic acids is 1. The van der Waals surface area contributed by atoms with E-state index >= 15 is 0 Å². The standard InChI is InChI=1S/C19H28N6O/c1-13-9-16(23(3)22-13)11-24-7-8-25-12-17(21-18(25)14(24)2)19(26)20-10-15-5-4-6-15/h9,12,14-15H,4-8,10-11H2,1-3H3,(H,20,26)/t14-/m0/s1. The van der Waals surface area contributed by atoms with Crippen LogP contribution in [-0.2, 0) is 20.1 Å². The van der Waals surface area contributed by atoms with Crippen LogP contribution < -0.4 is 5.32 Å². The SMILES string of the molecule is Cc1cc(CN2CCn3cc(C(=O)NCC4CCC4)nc3[C@@H]2C)n(C)n1. The molecule has 1 saturated carbocycles. The quantitative estimate of drug-likeness (QED) is 0.890. The number of nitrogens with one attached hydrogen (secondary N) is 1. The average Bonchev–Trinajstić information content (AvgIpc) is 3.12. The number of imidazole rings is 1. The number of aryl methyl sites for hydroxylation is 2. The maximum absolute atomic E-state index is 12.4. The highest BCUT2D eigenvalue weighted by Crippen LogP contribution is 2.27. The average molecular weight is 356 g/mol. The van der Waals surface area contributed by atoms with Gasteiger partial charge in [-0.15, -0.1) is 0 Å². The minimum atomic E-state index is -0.0418.